The SMILES string of the molecule is Cc1[nH]ccc1CCNC1=NC(C)N=C(N(C)Cc2[nH]cc(CCN(C)C3=NC(C)N=C(N)N3)c2C)N1. The van der Waals surface area contributed by atoms with Crippen molar-refractivity contribution in [2.75, 3.05) is 27.2 Å². The molecule has 0 saturated heterocycles. The highest BCUT2D eigenvalue weighted by molar-refractivity contribution is 6.00. The Balaban J connectivity index is 1.29. The van der Waals surface area contributed by atoms with Crippen LogP contribution < -0.4 is 21.7 Å². The van der Waals surface area contributed by atoms with E-state index in [1.807, 2.05) is 34.1 Å². The summed E-state index contributed by atoms with van der Waals surface area (Å²) in [6, 6.07) is 2.12. The number of aromatic nitrogens is 2. The quantitative estimate of drug-likeness (QED) is 0.313. The lowest BCUT2D eigenvalue weighted by molar-refractivity contribution is 0.469. The zero-order valence-corrected chi connectivity index (χ0v) is 22.7. The average Bonchev–Trinajstić information content (AvgIpc) is 3.41. The van der Waals surface area contributed by atoms with Gasteiger partial charge in [-0.1, -0.05) is 0 Å². The van der Waals surface area contributed by atoms with Gasteiger partial charge in [0.1, 0.15) is 12.3 Å². The number of likely N-dealkylation sites (N-methyl/N-ethyl adjacent to an activating group) is 1. The molecule has 0 aliphatic carbocycles. The second-order valence-electron chi connectivity index (χ2n) is 9.66. The van der Waals surface area contributed by atoms with Gasteiger partial charge in [0.25, 0.3) is 0 Å². The standard InChI is InChI=1S/C25H40N12/c1-15-20(9-12-36(5)24-32-17(3)30-22(26)34-24)13-29-21(15)14-37(6)25-33-18(4)31-23(35-25)28-11-8-19-7-10-27-16(19)2/h7,10,13,17-18,27,29H,8-9,11-12,14H2,1-6H3,(H3,26,30,32,34)(H2,28,31,33,35). The van der Waals surface area contributed by atoms with Crippen molar-refractivity contribution >= 4 is 23.8 Å². The van der Waals surface area contributed by atoms with Crippen LogP contribution in [0.25, 0.3) is 0 Å². The fourth-order valence-corrected chi connectivity index (χ4v) is 4.41. The summed E-state index contributed by atoms with van der Waals surface area (Å²) in [5, 5.41) is 9.82. The van der Waals surface area contributed by atoms with Gasteiger partial charge in [-0.15, -0.1) is 0 Å². The molecule has 0 fully saturated rings. The Morgan fingerprint density at radius 3 is 2.35 bits per heavy atom. The minimum absolute atomic E-state index is 0.149. The van der Waals surface area contributed by atoms with E-state index in [1.54, 1.807) is 0 Å². The first-order chi connectivity index (χ1) is 17.7. The van der Waals surface area contributed by atoms with E-state index in [0.717, 1.165) is 49.5 Å². The molecule has 2 aromatic rings. The molecule has 0 bridgehead atoms. The number of hydrogen-bond donors (Lipinski definition) is 6. The summed E-state index contributed by atoms with van der Waals surface area (Å²) in [5.41, 5.74) is 12.1. The Morgan fingerprint density at radius 1 is 0.919 bits per heavy atom. The highest BCUT2D eigenvalue weighted by Crippen LogP contribution is 2.16. The van der Waals surface area contributed by atoms with Crippen LogP contribution >= 0.6 is 0 Å². The molecule has 2 atom stereocenters. The van der Waals surface area contributed by atoms with E-state index in [-0.39, 0.29) is 12.3 Å². The van der Waals surface area contributed by atoms with Crippen molar-refractivity contribution in [3.63, 3.8) is 0 Å². The van der Waals surface area contributed by atoms with Gasteiger partial charge in [0.2, 0.25) is 11.9 Å². The monoisotopic (exact) mass is 508 g/mol. The third-order valence-corrected chi connectivity index (χ3v) is 6.67. The normalized spacial score (nSPS) is 19.2. The number of nitrogens with two attached hydrogens (primary N) is 1. The van der Waals surface area contributed by atoms with Gasteiger partial charge in [-0.25, -0.2) is 20.0 Å². The predicted molar refractivity (Wildman–Crippen MR) is 150 cm³/mol. The van der Waals surface area contributed by atoms with Crippen molar-refractivity contribution in [1.29, 1.82) is 0 Å². The van der Waals surface area contributed by atoms with E-state index in [0.29, 0.717) is 12.5 Å². The molecule has 2 aliphatic heterocycles. The molecule has 0 spiro atoms. The van der Waals surface area contributed by atoms with E-state index >= 15 is 0 Å². The fourth-order valence-electron chi connectivity index (χ4n) is 4.41. The first-order valence-electron chi connectivity index (χ1n) is 12.7. The van der Waals surface area contributed by atoms with E-state index in [2.05, 4.69) is 76.8 Å². The minimum Gasteiger partial charge on any atom is -0.370 e. The predicted octanol–water partition coefficient (Wildman–Crippen LogP) is 0.979. The highest BCUT2D eigenvalue weighted by atomic mass is 15.4. The lowest BCUT2D eigenvalue weighted by atomic mass is 10.1. The molecule has 2 unspecified atom stereocenters. The van der Waals surface area contributed by atoms with Gasteiger partial charge in [-0.3, -0.25) is 10.6 Å². The van der Waals surface area contributed by atoms with Crippen molar-refractivity contribution in [3.05, 3.63) is 46.5 Å². The molecular formula is C25H40N12. The lowest BCUT2D eigenvalue weighted by Crippen LogP contribution is -2.50. The van der Waals surface area contributed by atoms with Crippen LogP contribution in [0.1, 0.15) is 41.9 Å². The van der Waals surface area contributed by atoms with Crippen molar-refractivity contribution < 1.29 is 0 Å². The highest BCUT2D eigenvalue weighted by Gasteiger charge is 2.19. The zero-order chi connectivity index (χ0) is 26.5. The number of hydrogen-bond acceptors (Lipinski definition) is 10. The first kappa shape index (κ1) is 26.1. The maximum atomic E-state index is 5.86. The van der Waals surface area contributed by atoms with Crippen LogP contribution in [0.4, 0.5) is 0 Å². The molecule has 0 saturated carbocycles. The van der Waals surface area contributed by atoms with E-state index in [9.17, 15) is 0 Å². The third-order valence-electron chi connectivity index (χ3n) is 6.67. The maximum Gasteiger partial charge on any atom is 0.203 e. The number of nitrogens with one attached hydrogen (secondary N) is 5. The largest absolute Gasteiger partial charge is 0.370 e. The molecule has 37 heavy (non-hydrogen) atoms. The van der Waals surface area contributed by atoms with Crippen molar-refractivity contribution in [2.24, 2.45) is 25.7 Å². The van der Waals surface area contributed by atoms with Crippen molar-refractivity contribution in [3.8, 4) is 0 Å². The third kappa shape index (κ3) is 6.63. The van der Waals surface area contributed by atoms with Crippen LogP contribution in [0, 0.1) is 13.8 Å². The zero-order valence-electron chi connectivity index (χ0n) is 22.7. The number of rotatable bonds is 8. The molecule has 7 N–H and O–H groups in total. The molecule has 0 radical (unpaired) electrons. The maximum absolute atomic E-state index is 5.86. The summed E-state index contributed by atoms with van der Waals surface area (Å²) in [7, 11) is 4.05. The van der Waals surface area contributed by atoms with E-state index in [1.165, 1.54) is 22.4 Å². The topological polar surface area (TPSA) is 150 Å². The molecule has 2 aliphatic rings. The van der Waals surface area contributed by atoms with Crippen LogP contribution in [0.3, 0.4) is 0 Å². The van der Waals surface area contributed by atoms with Gasteiger partial charge < -0.3 is 30.8 Å². The van der Waals surface area contributed by atoms with Gasteiger partial charge in [0.15, 0.2) is 11.9 Å². The van der Waals surface area contributed by atoms with Crippen molar-refractivity contribution in [2.45, 2.75) is 59.4 Å². The Bertz CT molecular complexity index is 1200. The summed E-state index contributed by atoms with van der Waals surface area (Å²) >= 11 is 0. The fraction of sp³-hybridized carbons (Fsp3) is 0.520. The summed E-state index contributed by atoms with van der Waals surface area (Å²) in [6.45, 7) is 10.5. The van der Waals surface area contributed by atoms with Crippen molar-refractivity contribution in [1.82, 2.24) is 35.7 Å². The van der Waals surface area contributed by atoms with Crippen LogP contribution in [0.5, 0.6) is 0 Å². The van der Waals surface area contributed by atoms with Gasteiger partial charge >= 0.3 is 0 Å². The average molecular weight is 509 g/mol. The summed E-state index contributed by atoms with van der Waals surface area (Å²) in [6.07, 6.45) is 5.56. The van der Waals surface area contributed by atoms with Gasteiger partial charge in [0.05, 0.1) is 6.54 Å². The number of aromatic amines is 2. The number of aryl methyl sites for hydroxylation is 1. The molecule has 2 aromatic heterocycles. The molecule has 12 heteroatoms. The van der Waals surface area contributed by atoms with Gasteiger partial charge in [0, 0.05) is 51.0 Å². The number of nitrogens with zero attached hydrogens (tertiary/aromatic N) is 6. The minimum atomic E-state index is -0.169. The van der Waals surface area contributed by atoms with E-state index in [4.69, 9.17) is 10.7 Å². The molecule has 0 amide bonds. The smallest absolute Gasteiger partial charge is 0.203 e. The second kappa shape index (κ2) is 11.4. The summed E-state index contributed by atoms with van der Waals surface area (Å²) in [5.74, 6) is 2.70. The van der Waals surface area contributed by atoms with Crippen LogP contribution in [0.2, 0.25) is 0 Å². The van der Waals surface area contributed by atoms with Crippen LogP contribution in [0.15, 0.2) is 38.4 Å². The second-order valence-corrected chi connectivity index (χ2v) is 9.66. The Labute approximate surface area is 218 Å². The molecule has 0 aromatic carbocycles. The number of guanidine groups is 4. The van der Waals surface area contributed by atoms with Gasteiger partial charge in [-0.2, -0.15) is 0 Å². The molecule has 12 nitrogen and oxygen atoms in total. The molecule has 4 heterocycles. The number of aliphatic imine (C=N–C) groups is 4. The lowest BCUT2D eigenvalue weighted by Gasteiger charge is -2.27. The van der Waals surface area contributed by atoms with E-state index < -0.39 is 0 Å². The molecular weight excluding hydrogens is 468 g/mol. The first-order valence-corrected chi connectivity index (χ1v) is 12.7. The summed E-state index contributed by atoms with van der Waals surface area (Å²) < 4.78 is 0. The van der Waals surface area contributed by atoms with Crippen LogP contribution in [-0.4, -0.2) is 83.1 Å². The Hall–Kier alpha value is -3.96. The van der Waals surface area contributed by atoms with Crippen LogP contribution in [-0.2, 0) is 19.4 Å². The molecule has 4 rings (SSSR count). The Kier molecular flexibility index (Phi) is 8.04. The number of H-pyrrole nitrogens is 2. The van der Waals surface area contributed by atoms with Gasteiger partial charge in [-0.05, 0) is 63.3 Å². The molecule has 200 valence electrons. The Morgan fingerprint density at radius 2 is 1.65 bits per heavy atom. The summed E-state index contributed by atoms with van der Waals surface area (Å²) in [4.78, 5) is 28.9.